The minimum Gasteiger partial charge on any atom is -0.347 e. The first-order chi connectivity index (χ1) is 7.27. The average Bonchev–Trinajstić information content (AvgIpc) is 2.66. The molecule has 4 heteroatoms. The van der Waals surface area contributed by atoms with Gasteiger partial charge in [-0.05, 0) is 18.2 Å². The maximum atomic E-state index is 11.7. The van der Waals surface area contributed by atoms with Gasteiger partial charge in [-0.3, -0.25) is 4.79 Å². The average molecular weight is 218 g/mol. The molecule has 0 radical (unpaired) electrons. The highest BCUT2D eigenvalue weighted by molar-refractivity contribution is 7.80. The summed E-state index contributed by atoms with van der Waals surface area (Å²) in [4.78, 5) is 15.3. The van der Waals surface area contributed by atoms with Crippen LogP contribution < -0.4 is 5.32 Å². The molecule has 1 heterocycles. The van der Waals surface area contributed by atoms with Crippen molar-refractivity contribution in [1.82, 2.24) is 4.98 Å². The number of benzene rings is 1. The molecule has 0 aliphatic carbocycles. The van der Waals surface area contributed by atoms with Crippen LogP contribution in [-0.4, -0.2) is 10.9 Å². The number of aromatic amines is 1. The topological polar surface area (TPSA) is 44.9 Å². The van der Waals surface area contributed by atoms with Gasteiger partial charge in [-0.25, -0.2) is 0 Å². The Morgan fingerprint density at radius 1 is 1.20 bits per heavy atom. The van der Waals surface area contributed by atoms with E-state index in [-0.39, 0.29) is 5.91 Å². The first-order valence-corrected chi connectivity index (χ1v) is 4.95. The molecule has 0 saturated carbocycles. The Morgan fingerprint density at radius 2 is 1.93 bits per heavy atom. The van der Waals surface area contributed by atoms with Gasteiger partial charge in [0, 0.05) is 16.7 Å². The van der Waals surface area contributed by atoms with Crippen LogP contribution in [0, 0.1) is 0 Å². The number of anilines is 1. The molecule has 0 aliphatic heterocycles. The largest absolute Gasteiger partial charge is 0.347 e. The highest BCUT2D eigenvalue weighted by atomic mass is 32.1. The highest BCUT2D eigenvalue weighted by Crippen LogP contribution is 2.17. The number of aromatic nitrogens is 1. The van der Waals surface area contributed by atoms with Crippen molar-refractivity contribution >= 4 is 24.4 Å². The number of rotatable bonds is 2. The number of carbonyl (C=O) groups is 1. The third-order valence-electron chi connectivity index (χ3n) is 2.00. The van der Waals surface area contributed by atoms with E-state index in [1.165, 1.54) is 0 Å². The van der Waals surface area contributed by atoms with Crippen LogP contribution >= 0.6 is 12.6 Å². The van der Waals surface area contributed by atoms with Crippen LogP contribution in [0.2, 0.25) is 0 Å². The van der Waals surface area contributed by atoms with Crippen LogP contribution in [0.25, 0.3) is 0 Å². The summed E-state index contributed by atoms with van der Waals surface area (Å²) in [6.07, 6.45) is 1.73. The molecule has 0 aliphatic rings. The summed E-state index contributed by atoms with van der Waals surface area (Å²) < 4.78 is 0. The van der Waals surface area contributed by atoms with E-state index in [9.17, 15) is 4.79 Å². The van der Waals surface area contributed by atoms with Crippen molar-refractivity contribution in [3.63, 3.8) is 0 Å². The molecule has 76 valence electrons. The van der Waals surface area contributed by atoms with E-state index >= 15 is 0 Å². The van der Waals surface area contributed by atoms with Gasteiger partial charge < -0.3 is 10.3 Å². The first-order valence-electron chi connectivity index (χ1n) is 4.50. The zero-order chi connectivity index (χ0) is 10.7. The Morgan fingerprint density at radius 3 is 2.53 bits per heavy atom. The van der Waals surface area contributed by atoms with Gasteiger partial charge in [-0.1, -0.05) is 18.2 Å². The lowest BCUT2D eigenvalue weighted by atomic mass is 10.2. The number of hydrogen-bond donors (Lipinski definition) is 3. The number of amides is 1. The van der Waals surface area contributed by atoms with Gasteiger partial charge in [0.1, 0.15) is 5.82 Å². The molecule has 1 aromatic carbocycles. The zero-order valence-electron chi connectivity index (χ0n) is 7.90. The van der Waals surface area contributed by atoms with Crippen LogP contribution in [0.1, 0.15) is 10.4 Å². The Bertz CT molecular complexity index is 464. The molecule has 3 nitrogen and oxygen atoms in total. The SMILES string of the molecule is O=C(Nc1[nH]ccc1S)c1ccccc1. The Labute approximate surface area is 92.9 Å². The third-order valence-corrected chi connectivity index (χ3v) is 2.37. The number of nitrogens with one attached hydrogen (secondary N) is 2. The second-order valence-electron chi connectivity index (χ2n) is 3.06. The number of thiol groups is 1. The van der Waals surface area contributed by atoms with Gasteiger partial charge in [0.2, 0.25) is 0 Å². The predicted molar refractivity (Wildman–Crippen MR) is 62.4 cm³/mol. The molecule has 0 atom stereocenters. The lowest BCUT2D eigenvalue weighted by molar-refractivity contribution is 0.102. The smallest absolute Gasteiger partial charge is 0.256 e. The van der Waals surface area contributed by atoms with Crippen molar-refractivity contribution in [1.29, 1.82) is 0 Å². The normalized spacial score (nSPS) is 9.93. The van der Waals surface area contributed by atoms with Gasteiger partial charge in [-0.15, -0.1) is 12.6 Å². The van der Waals surface area contributed by atoms with Gasteiger partial charge in [-0.2, -0.15) is 0 Å². The second-order valence-corrected chi connectivity index (χ2v) is 3.54. The summed E-state index contributed by atoms with van der Waals surface area (Å²) in [5, 5.41) is 2.74. The lowest BCUT2D eigenvalue weighted by Gasteiger charge is -2.03. The van der Waals surface area contributed by atoms with Crippen molar-refractivity contribution in [2.24, 2.45) is 0 Å². The van der Waals surface area contributed by atoms with Gasteiger partial charge >= 0.3 is 0 Å². The third kappa shape index (κ3) is 2.22. The minimum atomic E-state index is -0.145. The molecule has 2 aromatic rings. The molecule has 0 saturated heterocycles. The van der Waals surface area contributed by atoms with E-state index in [2.05, 4.69) is 22.9 Å². The fraction of sp³-hybridized carbons (Fsp3) is 0. The molecular weight excluding hydrogens is 208 g/mol. The Kier molecular flexibility index (Phi) is 2.78. The van der Waals surface area contributed by atoms with Crippen molar-refractivity contribution < 1.29 is 4.79 Å². The summed E-state index contributed by atoms with van der Waals surface area (Å²) in [5.74, 6) is 0.473. The molecule has 0 fully saturated rings. The van der Waals surface area contributed by atoms with Crippen LogP contribution in [-0.2, 0) is 0 Å². The van der Waals surface area contributed by atoms with E-state index in [1.54, 1.807) is 24.4 Å². The first kappa shape index (κ1) is 9.86. The molecule has 1 amide bonds. The summed E-state index contributed by atoms with van der Waals surface area (Å²) in [6, 6.07) is 10.8. The monoisotopic (exact) mass is 218 g/mol. The summed E-state index contributed by atoms with van der Waals surface area (Å²) in [5.41, 5.74) is 0.625. The molecular formula is C11H10N2OS. The van der Waals surface area contributed by atoms with Crippen LogP contribution in [0.15, 0.2) is 47.5 Å². The molecule has 2 rings (SSSR count). The maximum absolute atomic E-state index is 11.7. The summed E-state index contributed by atoms with van der Waals surface area (Å²) in [6.45, 7) is 0. The van der Waals surface area contributed by atoms with Gasteiger partial charge in [0.05, 0.1) is 0 Å². The van der Waals surface area contributed by atoms with E-state index < -0.39 is 0 Å². The van der Waals surface area contributed by atoms with Gasteiger partial charge in [0.25, 0.3) is 5.91 Å². The van der Waals surface area contributed by atoms with Crippen molar-refractivity contribution in [3.05, 3.63) is 48.2 Å². The number of hydrogen-bond acceptors (Lipinski definition) is 2. The molecule has 0 spiro atoms. The maximum Gasteiger partial charge on any atom is 0.256 e. The van der Waals surface area contributed by atoms with Crippen molar-refractivity contribution in [2.75, 3.05) is 5.32 Å². The summed E-state index contributed by atoms with van der Waals surface area (Å²) >= 11 is 4.19. The molecule has 2 N–H and O–H groups in total. The van der Waals surface area contributed by atoms with E-state index in [0.717, 1.165) is 4.90 Å². The fourth-order valence-corrected chi connectivity index (χ4v) is 1.43. The number of H-pyrrole nitrogens is 1. The molecule has 15 heavy (non-hydrogen) atoms. The van der Waals surface area contributed by atoms with E-state index in [1.807, 2.05) is 18.2 Å². The molecule has 0 bridgehead atoms. The van der Waals surface area contributed by atoms with E-state index in [0.29, 0.717) is 11.4 Å². The summed E-state index contributed by atoms with van der Waals surface area (Å²) in [7, 11) is 0. The predicted octanol–water partition coefficient (Wildman–Crippen LogP) is 2.56. The van der Waals surface area contributed by atoms with Crippen LogP contribution in [0.3, 0.4) is 0 Å². The quantitative estimate of drug-likeness (QED) is 0.666. The Hall–Kier alpha value is -1.68. The minimum absolute atomic E-state index is 0.145. The standard InChI is InChI=1S/C11H10N2OS/c14-11(8-4-2-1-3-5-8)13-10-9(15)6-7-12-10/h1-7,12,15H,(H,13,14). The van der Waals surface area contributed by atoms with Crippen LogP contribution in [0.5, 0.6) is 0 Å². The Balaban J connectivity index is 2.15. The zero-order valence-corrected chi connectivity index (χ0v) is 8.79. The fourth-order valence-electron chi connectivity index (χ4n) is 1.24. The highest BCUT2D eigenvalue weighted by Gasteiger charge is 2.07. The number of carbonyl (C=O) groups excluding carboxylic acids is 1. The van der Waals surface area contributed by atoms with Crippen LogP contribution in [0.4, 0.5) is 5.82 Å². The second kappa shape index (κ2) is 4.23. The molecule has 1 aromatic heterocycles. The van der Waals surface area contributed by atoms with Crippen molar-refractivity contribution in [2.45, 2.75) is 4.90 Å². The lowest BCUT2D eigenvalue weighted by Crippen LogP contribution is -2.12. The van der Waals surface area contributed by atoms with E-state index in [4.69, 9.17) is 0 Å². The van der Waals surface area contributed by atoms with Gasteiger partial charge in [0.15, 0.2) is 0 Å². The van der Waals surface area contributed by atoms with Crippen molar-refractivity contribution in [3.8, 4) is 0 Å². The molecule has 0 unspecified atom stereocenters.